The number of nitrogens with zero attached hydrogens (tertiary/aromatic N) is 1. The number of hydrogen-bond acceptors (Lipinski definition) is 5. The van der Waals surface area contributed by atoms with Gasteiger partial charge in [-0.05, 0) is 19.1 Å². The summed E-state index contributed by atoms with van der Waals surface area (Å²) in [5, 5.41) is 13.8. The van der Waals surface area contributed by atoms with Crippen LogP contribution in [-0.4, -0.2) is 29.3 Å². The predicted molar refractivity (Wildman–Crippen MR) is 76.4 cm³/mol. The minimum atomic E-state index is -0.972. The summed E-state index contributed by atoms with van der Waals surface area (Å²) >= 11 is 1.59. The van der Waals surface area contributed by atoms with Crippen molar-refractivity contribution in [1.82, 2.24) is 10.3 Å². The lowest BCUT2D eigenvalue weighted by molar-refractivity contribution is 0.106. The summed E-state index contributed by atoms with van der Waals surface area (Å²) in [6, 6.07) is 3.26. The highest BCUT2D eigenvalue weighted by molar-refractivity contribution is 7.11. The molecule has 0 saturated heterocycles. The molecule has 4 nitrogen and oxygen atoms in total. The summed E-state index contributed by atoms with van der Waals surface area (Å²) in [7, 11) is 0. The van der Waals surface area contributed by atoms with Crippen molar-refractivity contribution in [2.24, 2.45) is 0 Å². The second-order valence-electron chi connectivity index (χ2n) is 4.52. The molecule has 0 radical (unpaired) electrons. The molecule has 2 aromatic rings. The lowest BCUT2D eigenvalue weighted by Crippen LogP contribution is -2.31. The first kappa shape index (κ1) is 15.8. The van der Waals surface area contributed by atoms with E-state index in [-0.39, 0.29) is 12.4 Å². The van der Waals surface area contributed by atoms with Crippen molar-refractivity contribution >= 4 is 11.3 Å². The Labute approximate surface area is 125 Å². The van der Waals surface area contributed by atoms with Gasteiger partial charge in [-0.2, -0.15) is 0 Å². The Kier molecular flexibility index (Phi) is 5.60. The molecule has 2 rings (SSSR count). The molecule has 0 spiro atoms. The molecule has 1 atom stereocenters. The number of aliphatic hydroxyl groups excluding tert-OH is 1. The van der Waals surface area contributed by atoms with Crippen molar-refractivity contribution in [2.45, 2.75) is 19.6 Å². The Morgan fingerprint density at radius 1 is 1.38 bits per heavy atom. The average Bonchev–Trinajstić information content (AvgIpc) is 2.86. The van der Waals surface area contributed by atoms with Crippen molar-refractivity contribution in [3.05, 3.63) is 45.9 Å². The Hall–Kier alpha value is -1.57. The number of ether oxygens (including phenoxy) is 1. The quantitative estimate of drug-likeness (QED) is 0.823. The van der Waals surface area contributed by atoms with Gasteiger partial charge in [0.2, 0.25) is 0 Å². The van der Waals surface area contributed by atoms with Crippen molar-refractivity contribution in [3.8, 4) is 5.75 Å². The predicted octanol–water partition coefficient (Wildman–Crippen LogP) is 2.26. The number of thiazole rings is 1. The number of halogens is 2. The van der Waals surface area contributed by atoms with Crippen LogP contribution >= 0.6 is 11.3 Å². The monoisotopic (exact) mass is 314 g/mol. The van der Waals surface area contributed by atoms with Crippen molar-refractivity contribution in [3.63, 3.8) is 0 Å². The minimum absolute atomic E-state index is 0.000208. The van der Waals surface area contributed by atoms with Crippen molar-refractivity contribution in [1.29, 1.82) is 0 Å². The molecule has 0 aliphatic heterocycles. The number of nitrogens with one attached hydrogen (secondary N) is 1. The van der Waals surface area contributed by atoms with Gasteiger partial charge in [0.25, 0.3) is 0 Å². The molecule has 0 bridgehead atoms. The third-order valence-corrected chi connectivity index (χ3v) is 3.59. The van der Waals surface area contributed by atoms with Gasteiger partial charge in [-0.25, -0.2) is 13.8 Å². The first-order valence-electron chi connectivity index (χ1n) is 6.42. The van der Waals surface area contributed by atoms with Gasteiger partial charge in [0.05, 0.1) is 5.01 Å². The summed E-state index contributed by atoms with van der Waals surface area (Å²) in [5.41, 5.74) is 0. The second kappa shape index (κ2) is 7.44. The third-order valence-electron chi connectivity index (χ3n) is 2.68. The molecule has 0 saturated carbocycles. The van der Waals surface area contributed by atoms with Crippen LogP contribution in [0.2, 0.25) is 0 Å². The first-order chi connectivity index (χ1) is 10.0. The normalized spacial score (nSPS) is 12.4. The van der Waals surface area contributed by atoms with Gasteiger partial charge in [0, 0.05) is 30.2 Å². The summed E-state index contributed by atoms with van der Waals surface area (Å²) in [6.07, 6.45) is 1.05. The van der Waals surface area contributed by atoms with Crippen LogP contribution in [0.1, 0.15) is 9.88 Å². The van der Waals surface area contributed by atoms with E-state index >= 15 is 0 Å². The van der Waals surface area contributed by atoms with Gasteiger partial charge in [-0.1, -0.05) is 0 Å². The van der Waals surface area contributed by atoms with Gasteiger partial charge in [-0.3, -0.25) is 0 Å². The smallest absolute Gasteiger partial charge is 0.162 e. The number of rotatable bonds is 7. The van der Waals surface area contributed by atoms with Crippen LogP contribution < -0.4 is 10.1 Å². The van der Waals surface area contributed by atoms with Gasteiger partial charge in [0.1, 0.15) is 18.5 Å². The molecule has 21 heavy (non-hydrogen) atoms. The van der Waals surface area contributed by atoms with Gasteiger partial charge in [-0.15, -0.1) is 11.3 Å². The fraction of sp³-hybridized carbons (Fsp3) is 0.357. The lowest BCUT2D eigenvalue weighted by Gasteiger charge is -2.13. The van der Waals surface area contributed by atoms with E-state index in [1.165, 1.54) is 6.07 Å². The average molecular weight is 314 g/mol. The molecular weight excluding hydrogens is 298 g/mol. The van der Waals surface area contributed by atoms with Crippen LogP contribution in [0.3, 0.4) is 0 Å². The lowest BCUT2D eigenvalue weighted by atomic mass is 10.3. The summed E-state index contributed by atoms with van der Waals surface area (Å²) < 4.78 is 30.9. The Morgan fingerprint density at radius 2 is 2.19 bits per heavy atom. The minimum Gasteiger partial charge on any atom is -0.491 e. The van der Waals surface area contributed by atoms with E-state index in [4.69, 9.17) is 4.74 Å². The maximum Gasteiger partial charge on any atom is 0.162 e. The maximum absolute atomic E-state index is 13.0. The second-order valence-corrected chi connectivity index (χ2v) is 5.84. The van der Waals surface area contributed by atoms with Gasteiger partial charge < -0.3 is 15.2 Å². The van der Waals surface area contributed by atoms with E-state index in [2.05, 4.69) is 10.3 Å². The molecule has 0 aliphatic rings. The van der Waals surface area contributed by atoms with E-state index in [1.807, 2.05) is 6.92 Å². The van der Waals surface area contributed by atoms with Crippen LogP contribution in [-0.2, 0) is 6.54 Å². The van der Waals surface area contributed by atoms with Crippen LogP contribution in [0, 0.1) is 18.6 Å². The molecule has 7 heteroatoms. The maximum atomic E-state index is 13.0. The zero-order valence-electron chi connectivity index (χ0n) is 11.5. The number of aliphatic hydroxyl groups is 1. The number of aryl methyl sites for hydroxylation is 1. The van der Waals surface area contributed by atoms with E-state index < -0.39 is 17.7 Å². The Bertz CT molecular complexity index is 592. The number of aromatic nitrogens is 1. The molecule has 0 amide bonds. The number of benzene rings is 1. The highest BCUT2D eigenvalue weighted by Crippen LogP contribution is 2.15. The molecule has 1 heterocycles. The van der Waals surface area contributed by atoms with E-state index in [1.54, 1.807) is 17.5 Å². The Morgan fingerprint density at radius 3 is 2.86 bits per heavy atom. The molecule has 0 aliphatic carbocycles. The Balaban J connectivity index is 1.69. The fourth-order valence-corrected chi connectivity index (χ4v) is 2.43. The molecule has 114 valence electrons. The van der Waals surface area contributed by atoms with Gasteiger partial charge in [0.15, 0.2) is 11.6 Å². The third kappa shape index (κ3) is 5.04. The summed E-state index contributed by atoms with van der Waals surface area (Å²) in [6.45, 7) is 2.88. The summed E-state index contributed by atoms with van der Waals surface area (Å²) in [5.74, 6) is -1.71. The summed E-state index contributed by atoms with van der Waals surface area (Å²) in [4.78, 5) is 5.22. The van der Waals surface area contributed by atoms with Crippen LogP contribution in [0.15, 0.2) is 24.4 Å². The SMILES string of the molecule is Cc1ncc(CNCC(O)COc2ccc(F)c(F)c2)s1. The molecule has 1 aromatic carbocycles. The molecular formula is C14H16F2N2O2S. The first-order valence-corrected chi connectivity index (χ1v) is 7.24. The van der Waals surface area contributed by atoms with Gasteiger partial charge >= 0.3 is 0 Å². The molecule has 1 aromatic heterocycles. The fourth-order valence-electron chi connectivity index (χ4n) is 1.67. The van der Waals surface area contributed by atoms with Crippen molar-refractivity contribution in [2.75, 3.05) is 13.2 Å². The van der Waals surface area contributed by atoms with Crippen molar-refractivity contribution < 1.29 is 18.6 Å². The van der Waals surface area contributed by atoms with E-state index in [9.17, 15) is 13.9 Å². The zero-order chi connectivity index (χ0) is 15.2. The molecule has 2 N–H and O–H groups in total. The van der Waals surface area contributed by atoms with Crippen LogP contribution in [0.25, 0.3) is 0 Å². The highest BCUT2D eigenvalue weighted by Gasteiger charge is 2.08. The van der Waals surface area contributed by atoms with Crippen LogP contribution in [0.4, 0.5) is 8.78 Å². The largest absolute Gasteiger partial charge is 0.491 e. The molecule has 1 unspecified atom stereocenters. The van der Waals surface area contributed by atoms with E-state index in [0.29, 0.717) is 13.1 Å². The molecule has 0 fully saturated rings. The van der Waals surface area contributed by atoms with Crippen LogP contribution in [0.5, 0.6) is 5.75 Å². The van der Waals surface area contributed by atoms with E-state index in [0.717, 1.165) is 22.0 Å². The zero-order valence-corrected chi connectivity index (χ0v) is 12.3. The highest BCUT2D eigenvalue weighted by atomic mass is 32.1. The number of hydrogen-bond donors (Lipinski definition) is 2. The standard InChI is InChI=1S/C14H16F2N2O2S/c1-9-18-7-12(21-9)6-17-5-10(19)8-20-11-2-3-13(15)14(16)4-11/h2-4,7,10,17,19H,5-6,8H2,1H3. The topological polar surface area (TPSA) is 54.4 Å².